The number of carbonyl (C=O) groups excluding carboxylic acids is 1. The third kappa shape index (κ3) is 3.54. The Morgan fingerprint density at radius 3 is 2.33 bits per heavy atom. The molecule has 21 heavy (non-hydrogen) atoms. The van der Waals surface area contributed by atoms with Crippen LogP contribution in [0, 0.1) is 0 Å². The van der Waals surface area contributed by atoms with Crippen LogP contribution in [0.15, 0.2) is 42.5 Å². The van der Waals surface area contributed by atoms with Gasteiger partial charge in [0.2, 0.25) is 0 Å². The first-order chi connectivity index (χ1) is 10.2. The van der Waals surface area contributed by atoms with Gasteiger partial charge in [0.05, 0.1) is 14.2 Å². The molecule has 4 heteroatoms. The normalized spacial score (nSPS) is 10.0. The van der Waals surface area contributed by atoms with Gasteiger partial charge in [0.15, 0.2) is 0 Å². The first kappa shape index (κ1) is 14.9. The van der Waals surface area contributed by atoms with Crippen LogP contribution in [-0.2, 0) is 6.54 Å². The van der Waals surface area contributed by atoms with Gasteiger partial charge in [-0.15, -0.1) is 0 Å². The van der Waals surface area contributed by atoms with Crippen molar-refractivity contribution in [2.75, 3.05) is 26.2 Å². The van der Waals surface area contributed by atoms with E-state index < -0.39 is 0 Å². The summed E-state index contributed by atoms with van der Waals surface area (Å²) in [5.41, 5.74) is 2.68. The second-order valence-corrected chi connectivity index (χ2v) is 4.74. The highest BCUT2D eigenvalue weighted by atomic mass is 16.5. The van der Waals surface area contributed by atoms with Crippen LogP contribution in [0.3, 0.4) is 0 Å². The maximum absolute atomic E-state index is 10.9. The van der Waals surface area contributed by atoms with Crippen molar-refractivity contribution in [1.82, 2.24) is 0 Å². The zero-order valence-electron chi connectivity index (χ0n) is 12.5. The van der Waals surface area contributed by atoms with E-state index >= 15 is 0 Å². The van der Waals surface area contributed by atoms with Crippen molar-refractivity contribution in [1.29, 1.82) is 0 Å². The highest BCUT2D eigenvalue weighted by Gasteiger charge is 2.08. The molecule has 2 aromatic rings. The fourth-order valence-corrected chi connectivity index (χ4v) is 2.18. The summed E-state index contributed by atoms with van der Waals surface area (Å²) in [6, 6.07) is 13.3. The van der Waals surface area contributed by atoms with Crippen LogP contribution in [0.5, 0.6) is 11.5 Å². The van der Waals surface area contributed by atoms with Gasteiger partial charge in [-0.3, -0.25) is 4.79 Å². The summed E-state index contributed by atoms with van der Waals surface area (Å²) in [6.07, 6.45) is 0.844. The van der Waals surface area contributed by atoms with Crippen molar-refractivity contribution in [2.45, 2.75) is 6.54 Å². The number of benzene rings is 2. The molecule has 0 amide bonds. The van der Waals surface area contributed by atoms with Gasteiger partial charge in [0.1, 0.15) is 17.8 Å². The zero-order chi connectivity index (χ0) is 15.2. The van der Waals surface area contributed by atoms with Gasteiger partial charge in [0.25, 0.3) is 0 Å². The smallest absolute Gasteiger partial charge is 0.150 e. The molecule has 0 aliphatic rings. The number of nitrogens with zero attached hydrogens (tertiary/aromatic N) is 1. The molecule has 0 fully saturated rings. The van der Waals surface area contributed by atoms with Crippen LogP contribution < -0.4 is 14.4 Å². The number of hydrogen-bond acceptors (Lipinski definition) is 4. The molecule has 0 saturated heterocycles. The van der Waals surface area contributed by atoms with Crippen LogP contribution in [0.2, 0.25) is 0 Å². The predicted octanol–water partition coefficient (Wildman–Crippen LogP) is 3.15. The first-order valence-electron chi connectivity index (χ1n) is 6.65. The Bertz CT molecular complexity index is 608. The minimum Gasteiger partial charge on any atom is -0.497 e. The van der Waals surface area contributed by atoms with Gasteiger partial charge in [0, 0.05) is 30.4 Å². The molecule has 0 bridgehead atoms. The SMILES string of the molecule is COc1ccc(N(C)Cc2cc(C=O)ccc2OC)cc1. The number of hydrogen-bond donors (Lipinski definition) is 0. The average molecular weight is 285 g/mol. The number of methoxy groups -OCH3 is 2. The van der Waals surface area contributed by atoms with Gasteiger partial charge >= 0.3 is 0 Å². The average Bonchev–Trinajstić information content (AvgIpc) is 2.54. The lowest BCUT2D eigenvalue weighted by Gasteiger charge is -2.21. The van der Waals surface area contributed by atoms with E-state index in [-0.39, 0.29) is 0 Å². The summed E-state index contributed by atoms with van der Waals surface area (Å²) in [7, 11) is 5.27. The Labute approximate surface area is 124 Å². The fourth-order valence-electron chi connectivity index (χ4n) is 2.18. The molecule has 2 aromatic carbocycles. The van der Waals surface area contributed by atoms with Gasteiger partial charge in [-0.05, 0) is 42.5 Å². The summed E-state index contributed by atoms with van der Waals surface area (Å²) in [6.45, 7) is 0.650. The van der Waals surface area contributed by atoms with Gasteiger partial charge in [-0.25, -0.2) is 0 Å². The Kier molecular flexibility index (Phi) is 4.82. The van der Waals surface area contributed by atoms with E-state index in [0.717, 1.165) is 29.0 Å². The van der Waals surface area contributed by atoms with E-state index in [1.807, 2.05) is 43.4 Å². The van der Waals surface area contributed by atoms with Gasteiger partial charge < -0.3 is 14.4 Å². The highest BCUT2D eigenvalue weighted by Crippen LogP contribution is 2.24. The molecular weight excluding hydrogens is 266 g/mol. The molecule has 0 radical (unpaired) electrons. The van der Waals surface area contributed by atoms with Gasteiger partial charge in [-0.1, -0.05) is 0 Å². The van der Waals surface area contributed by atoms with Crippen molar-refractivity contribution >= 4 is 12.0 Å². The van der Waals surface area contributed by atoms with Crippen molar-refractivity contribution in [3.63, 3.8) is 0 Å². The molecule has 0 aliphatic carbocycles. The standard InChI is InChI=1S/C17H19NO3/c1-18(15-5-7-16(20-2)8-6-15)11-14-10-13(12-19)4-9-17(14)21-3/h4-10,12H,11H2,1-3H3. The number of aldehydes is 1. The van der Waals surface area contributed by atoms with Crippen LogP contribution in [-0.4, -0.2) is 27.6 Å². The van der Waals surface area contributed by atoms with Crippen molar-refractivity contribution < 1.29 is 14.3 Å². The van der Waals surface area contributed by atoms with Crippen LogP contribution in [0.4, 0.5) is 5.69 Å². The van der Waals surface area contributed by atoms with Crippen LogP contribution in [0.1, 0.15) is 15.9 Å². The summed E-state index contributed by atoms with van der Waals surface area (Å²) < 4.78 is 10.5. The van der Waals surface area contributed by atoms with Crippen molar-refractivity contribution in [2.24, 2.45) is 0 Å². The molecule has 0 aliphatic heterocycles. The molecule has 4 nitrogen and oxygen atoms in total. The predicted molar refractivity (Wildman–Crippen MR) is 83.5 cm³/mol. The van der Waals surface area contributed by atoms with E-state index in [2.05, 4.69) is 4.90 Å². The molecule has 0 atom stereocenters. The monoisotopic (exact) mass is 285 g/mol. The molecule has 0 saturated carbocycles. The quantitative estimate of drug-likeness (QED) is 0.764. The lowest BCUT2D eigenvalue weighted by molar-refractivity contribution is 0.112. The maximum atomic E-state index is 10.9. The third-order valence-electron chi connectivity index (χ3n) is 3.36. The minimum atomic E-state index is 0.647. The lowest BCUT2D eigenvalue weighted by Crippen LogP contribution is -2.17. The van der Waals surface area contributed by atoms with Crippen LogP contribution >= 0.6 is 0 Å². The van der Waals surface area contributed by atoms with E-state index in [0.29, 0.717) is 12.1 Å². The zero-order valence-corrected chi connectivity index (χ0v) is 12.5. The number of ether oxygens (including phenoxy) is 2. The highest BCUT2D eigenvalue weighted by molar-refractivity contribution is 5.75. The van der Waals surface area contributed by atoms with E-state index in [1.165, 1.54) is 0 Å². The molecule has 0 aromatic heterocycles. The van der Waals surface area contributed by atoms with Crippen LogP contribution in [0.25, 0.3) is 0 Å². The lowest BCUT2D eigenvalue weighted by atomic mass is 10.1. The van der Waals surface area contributed by atoms with Crippen molar-refractivity contribution in [3.05, 3.63) is 53.6 Å². The molecular formula is C17H19NO3. The molecule has 110 valence electrons. The molecule has 0 spiro atoms. The number of anilines is 1. The Morgan fingerprint density at radius 1 is 1.05 bits per heavy atom. The second-order valence-electron chi connectivity index (χ2n) is 4.74. The summed E-state index contributed by atoms with van der Waals surface area (Å²) in [4.78, 5) is 13.0. The van der Waals surface area contributed by atoms with E-state index in [9.17, 15) is 4.79 Å². The summed E-state index contributed by atoms with van der Waals surface area (Å²) in [5, 5.41) is 0. The molecule has 2 rings (SSSR count). The summed E-state index contributed by atoms with van der Waals surface area (Å²) >= 11 is 0. The third-order valence-corrected chi connectivity index (χ3v) is 3.36. The largest absolute Gasteiger partial charge is 0.497 e. The number of carbonyl (C=O) groups is 1. The Balaban J connectivity index is 2.21. The minimum absolute atomic E-state index is 0.647. The van der Waals surface area contributed by atoms with Crippen molar-refractivity contribution in [3.8, 4) is 11.5 Å². The van der Waals surface area contributed by atoms with E-state index in [1.54, 1.807) is 20.3 Å². The number of rotatable bonds is 6. The maximum Gasteiger partial charge on any atom is 0.150 e. The second kappa shape index (κ2) is 6.79. The molecule has 0 heterocycles. The van der Waals surface area contributed by atoms with Gasteiger partial charge in [-0.2, -0.15) is 0 Å². The Hall–Kier alpha value is -2.49. The topological polar surface area (TPSA) is 38.8 Å². The summed E-state index contributed by atoms with van der Waals surface area (Å²) in [5.74, 6) is 1.61. The molecule has 0 unspecified atom stereocenters. The first-order valence-corrected chi connectivity index (χ1v) is 6.65. The fraction of sp³-hybridized carbons (Fsp3) is 0.235. The Morgan fingerprint density at radius 2 is 1.76 bits per heavy atom. The molecule has 0 N–H and O–H groups in total. The van der Waals surface area contributed by atoms with E-state index in [4.69, 9.17) is 9.47 Å².